The molecule has 0 spiro atoms. The summed E-state index contributed by atoms with van der Waals surface area (Å²) in [5.41, 5.74) is 2.44. The number of guanidine groups is 1. The Morgan fingerprint density at radius 2 is 1.74 bits per heavy atom. The lowest BCUT2D eigenvalue weighted by Crippen LogP contribution is -2.48. The maximum Gasteiger partial charge on any atom is 0.193 e. The summed E-state index contributed by atoms with van der Waals surface area (Å²) < 4.78 is 16.5. The van der Waals surface area contributed by atoms with E-state index >= 15 is 0 Å². The number of ether oxygens (including phenoxy) is 3. The standard InChI is InChI=1S/C24H33N3O3.HI/c1-25-23(27(2)17-19-7-5-6-8-22(19)29-4)26-18-24(13-15-30-16-14-24)20-9-11-21(28-3)12-10-20;/h5-12H,13-18H2,1-4H3,(H,25,26);1H. The van der Waals surface area contributed by atoms with Crippen LogP contribution in [0.4, 0.5) is 0 Å². The maximum absolute atomic E-state index is 5.67. The molecule has 1 heterocycles. The second-order valence-corrected chi connectivity index (χ2v) is 7.69. The minimum Gasteiger partial charge on any atom is -0.497 e. The quantitative estimate of drug-likeness (QED) is 0.327. The van der Waals surface area contributed by atoms with Gasteiger partial charge >= 0.3 is 0 Å². The smallest absolute Gasteiger partial charge is 0.193 e. The van der Waals surface area contributed by atoms with Crippen molar-refractivity contribution in [3.8, 4) is 11.5 Å². The minimum absolute atomic E-state index is 0. The van der Waals surface area contributed by atoms with E-state index in [2.05, 4.69) is 33.4 Å². The lowest BCUT2D eigenvalue weighted by Gasteiger charge is -2.39. The molecule has 0 bridgehead atoms. The number of hydrogen-bond acceptors (Lipinski definition) is 4. The van der Waals surface area contributed by atoms with Crippen LogP contribution in [-0.4, -0.2) is 58.9 Å². The average molecular weight is 539 g/mol. The van der Waals surface area contributed by atoms with Crippen molar-refractivity contribution in [2.45, 2.75) is 24.8 Å². The number of nitrogens with one attached hydrogen (secondary N) is 1. The zero-order chi connectivity index (χ0) is 21.4. The third-order valence-electron chi connectivity index (χ3n) is 5.91. The molecule has 3 rings (SSSR count). The van der Waals surface area contributed by atoms with Gasteiger partial charge in [-0.1, -0.05) is 30.3 Å². The Kier molecular flexibility index (Phi) is 9.90. The Morgan fingerprint density at radius 3 is 2.35 bits per heavy atom. The number of hydrogen-bond donors (Lipinski definition) is 1. The largest absolute Gasteiger partial charge is 0.497 e. The molecular formula is C24H34IN3O3. The number of aliphatic imine (C=N–C) groups is 1. The van der Waals surface area contributed by atoms with E-state index in [4.69, 9.17) is 14.2 Å². The molecule has 0 atom stereocenters. The fourth-order valence-corrected chi connectivity index (χ4v) is 4.07. The Balaban J connectivity index is 0.00000341. The molecule has 0 radical (unpaired) electrons. The molecule has 1 fully saturated rings. The highest BCUT2D eigenvalue weighted by Crippen LogP contribution is 2.35. The molecule has 0 aliphatic carbocycles. The molecule has 1 aliphatic rings. The summed E-state index contributed by atoms with van der Waals surface area (Å²) in [5.74, 6) is 2.63. The van der Waals surface area contributed by atoms with Crippen LogP contribution in [0.15, 0.2) is 53.5 Å². The molecule has 1 N–H and O–H groups in total. The van der Waals surface area contributed by atoms with E-state index in [1.54, 1.807) is 14.2 Å². The first kappa shape index (κ1) is 25.3. The number of para-hydroxylation sites is 1. The van der Waals surface area contributed by atoms with E-state index in [0.717, 1.165) is 55.6 Å². The molecule has 170 valence electrons. The van der Waals surface area contributed by atoms with Gasteiger partial charge in [0, 0.05) is 51.4 Å². The van der Waals surface area contributed by atoms with Crippen molar-refractivity contribution in [2.24, 2.45) is 4.99 Å². The third-order valence-corrected chi connectivity index (χ3v) is 5.91. The second kappa shape index (κ2) is 12.1. The van der Waals surface area contributed by atoms with Gasteiger partial charge in [-0.05, 0) is 36.6 Å². The lowest BCUT2D eigenvalue weighted by molar-refractivity contribution is 0.0512. The monoisotopic (exact) mass is 539 g/mol. The number of rotatable bonds is 7. The van der Waals surface area contributed by atoms with Crippen LogP contribution in [0, 0.1) is 0 Å². The van der Waals surface area contributed by atoms with Crippen molar-refractivity contribution in [1.29, 1.82) is 0 Å². The van der Waals surface area contributed by atoms with Crippen molar-refractivity contribution in [2.75, 3.05) is 48.1 Å². The summed E-state index contributed by atoms with van der Waals surface area (Å²) in [4.78, 5) is 6.64. The van der Waals surface area contributed by atoms with Crippen molar-refractivity contribution in [3.05, 3.63) is 59.7 Å². The Labute approximate surface area is 203 Å². The van der Waals surface area contributed by atoms with Crippen LogP contribution in [0.2, 0.25) is 0 Å². The summed E-state index contributed by atoms with van der Waals surface area (Å²) in [5, 5.41) is 3.61. The Morgan fingerprint density at radius 1 is 1.06 bits per heavy atom. The molecule has 0 saturated carbocycles. The number of benzene rings is 2. The van der Waals surface area contributed by atoms with Gasteiger partial charge in [0.2, 0.25) is 0 Å². The first-order chi connectivity index (χ1) is 14.6. The summed E-state index contributed by atoms with van der Waals surface area (Å²) >= 11 is 0. The second-order valence-electron chi connectivity index (χ2n) is 7.69. The topological polar surface area (TPSA) is 55.3 Å². The van der Waals surface area contributed by atoms with Crippen LogP contribution in [0.3, 0.4) is 0 Å². The normalized spacial score (nSPS) is 15.5. The van der Waals surface area contributed by atoms with E-state index in [9.17, 15) is 0 Å². The van der Waals surface area contributed by atoms with E-state index < -0.39 is 0 Å². The van der Waals surface area contributed by atoms with Gasteiger partial charge in [-0.2, -0.15) is 0 Å². The summed E-state index contributed by atoms with van der Waals surface area (Å²) in [6.07, 6.45) is 1.94. The molecule has 0 unspecified atom stereocenters. The van der Waals surface area contributed by atoms with Crippen LogP contribution in [-0.2, 0) is 16.7 Å². The predicted octanol–water partition coefficient (Wildman–Crippen LogP) is 4.08. The van der Waals surface area contributed by atoms with Gasteiger partial charge in [0.05, 0.1) is 14.2 Å². The summed E-state index contributed by atoms with van der Waals surface area (Å²) in [7, 11) is 7.27. The fourth-order valence-electron chi connectivity index (χ4n) is 4.07. The van der Waals surface area contributed by atoms with Gasteiger partial charge in [0.25, 0.3) is 0 Å². The highest BCUT2D eigenvalue weighted by molar-refractivity contribution is 14.0. The zero-order valence-electron chi connectivity index (χ0n) is 18.9. The van der Waals surface area contributed by atoms with Crippen LogP contribution in [0.1, 0.15) is 24.0 Å². The van der Waals surface area contributed by atoms with Gasteiger partial charge < -0.3 is 24.4 Å². The van der Waals surface area contributed by atoms with E-state index in [1.807, 2.05) is 44.4 Å². The summed E-state index contributed by atoms with van der Waals surface area (Å²) in [6.45, 7) is 3.04. The number of methoxy groups -OCH3 is 2. The molecule has 0 aromatic heterocycles. The molecule has 31 heavy (non-hydrogen) atoms. The molecular weight excluding hydrogens is 505 g/mol. The minimum atomic E-state index is 0. The first-order valence-corrected chi connectivity index (χ1v) is 10.4. The van der Waals surface area contributed by atoms with Crippen molar-refractivity contribution in [1.82, 2.24) is 10.2 Å². The number of nitrogens with zero attached hydrogens (tertiary/aromatic N) is 2. The molecule has 1 aliphatic heterocycles. The van der Waals surface area contributed by atoms with Crippen LogP contribution < -0.4 is 14.8 Å². The van der Waals surface area contributed by atoms with Crippen LogP contribution >= 0.6 is 24.0 Å². The van der Waals surface area contributed by atoms with Crippen LogP contribution in [0.5, 0.6) is 11.5 Å². The molecule has 2 aromatic rings. The average Bonchev–Trinajstić information content (AvgIpc) is 2.80. The van der Waals surface area contributed by atoms with E-state index in [-0.39, 0.29) is 29.4 Å². The maximum atomic E-state index is 5.67. The van der Waals surface area contributed by atoms with Crippen LogP contribution in [0.25, 0.3) is 0 Å². The van der Waals surface area contributed by atoms with Gasteiger partial charge in [-0.25, -0.2) is 0 Å². The molecule has 0 amide bonds. The lowest BCUT2D eigenvalue weighted by atomic mass is 9.74. The van der Waals surface area contributed by atoms with E-state index in [1.165, 1.54) is 5.56 Å². The fraction of sp³-hybridized carbons (Fsp3) is 0.458. The van der Waals surface area contributed by atoms with Crippen molar-refractivity contribution >= 4 is 29.9 Å². The molecule has 2 aromatic carbocycles. The molecule has 7 heteroatoms. The first-order valence-electron chi connectivity index (χ1n) is 10.4. The molecule has 6 nitrogen and oxygen atoms in total. The highest BCUT2D eigenvalue weighted by atomic mass is 127. The Hall–Kier alpha value is -2.00. The highest BCUT2D eigenvalue weighted by Gasteiger charge is 2.35. The SMILES string of the molecule is CN=C(NCC1(c2ccc(OC)cc2)CCOCC1)N(C)Cc1ccccc1OC.I. The van der Waals surface area contributed by atoms with Gasteiger partial charge in [-0.3, -0.25) is 4.99 Å². The Bertz CT molecular complexity index is 836. The zero-order valence-corrected chi connectivity index (χ0v) is 21.2. The third kappa shape index (κ3) is 6.26. The van der Waals surface area contributed by atoms with Crippen molar-refractivity contribution < 1.29 is 14.2 Å². The van der Waals surface area contributed by atoms with Gasteiger partial charge in [0.15, 0.2) is 5.96 Å². The van der Waals surface area contributed by atoms with Gasteiger partial charge in [-0.15, -0.1) is 24.0 Å². The molecule has 1 saturated heterocycles. The van der Waals surface area contributed by atoms with Crippen molar-refractivity contribution in [3.63, 3.8) is 0 Å². The van der Waals surface area contributed by atoms with Gasteiger partial charge in [0.1, 0.15) is 11.5 Å². The summed E-state index contributed by atoms with van der Waals surface area (Å²) in [6, 6.07) is 16.5. The number of halogens is 1. The predicted molar refractivity (Wildman–Crippen MR) is 136 cm³/mol. The van der Waals surface area contributed by atoms with E-state index in [0.29, 0.717) is 6.54 Å².